The van der Waals surface area contributed by atoms with Gasteiger partial charge in [-0.15, -0.1) is 11.8 Å². The summed E-state index contributed by atoms with van der Waals surface area (Å²) in [5, 5.41) is 0. The van der Waals surface area contributed by atoms with Crippen molar-refractivity contribution in [1.82, 2.24) is 4.90 Å². The minimum Gasteiger partial charge on any atom is -0.459 e. The molecule has 1 atom stereocenters. The van der Waals surface area contributed by atoms with Gasteiger partial charge in [0.05, 0.1) is 12.0 Å². The Hall–Kier alpha value is -2.28. The number of carbonyl (C=O) groups is 2. The largest absolute Gasteiger partial charge is 0.459 e. The van der Waals surface area contributed by atoms with Crippen LogP contribution >= 0.6 is 11.8 Å². The van der Waals surface area contributed by atoms with Crippen molar-refractivity contribution in [3.8, 4) is 0 Å². The van der Waals surface area contributed by atoms with Crippen molar-refractivity contribution >= 4 is 29.3 Å². The first-order valence-corrected chi connectivity index (χ1v) is 8.69. The van der Waals surface area contributed by atoms with Crippen LogP contribution in [0.5, 0.6) is 0 Å². The molecule has 1 spiro atoms. The van der Waals surface area contributed by atoms with Gasteiger partial charge in [-0.1, -0.05) is 0 Å². The highest BCUT2D eigenvalue weighted by Crippen LogP contribution is 2.54. The van der Waals surface area contributed by atoms with Gasteiger partial charge >= 0.3 is 0 Å². The highest BCUT2D eigenvalue weighted by Gasteiger charge is 2.59. The average Bonchev–Trinajstić information content (AvgIpc) is 3.29. The molecule has 3 heterocycles. The van der Waals surface area contributed by atoms with Crippen LogP contribution in [0.25, 0.3) is 0 Å². The number of nitrogens with zero attached hydrogens (tertiary/aromatic N) is 2. The zero-order valence-electron chi connectivity index (χ0n) is 13.0. The highest BCUT2D eigenvalue weighted by atomic mass is 32.2. The van der Waals surface area contributed by atoms with Crippen LogP contribution in [0.15, 0.2) is 41.0 Å². The second-order valence-electron chi connectivity index (χ2n) is 5.64. The van der Waals surface area contributed by atoms with Gasteiger partial charge in [-0.05, 0) is 37.3 Å². The molecular formula is C17H15FN2O3S. The molecule has 24 heavy (non-hydrogen) atoms. The lowest BCUT2D eigenvalue weighted by Gasteiger charge is -2.32. The highest BCUT2D eigenvalue weighted by molar-refractivity contribution is 8.01. The number of hydrogen-bond donors (Lipinski definition) is 0. The van der Waals surface area contributed by atoms with Gasteiger partial charge in [-0.2, -0.15) is 0 Å². The Morgan fingerprint density at radius 3 is 2.96 bits per heavy atom. The van der Waals surface area contributed by atoms with Crippen LogP contribution in [0.3, 0.4) is 0 Å². The molecule has 5 nitrogen and oxygen atoms in total. The number of rotatable bonds is 2. The van der Waals surface area contributed by atoms with Gasteiger partial charge in [0.25, 0.3) is 11.8 Å². The molecule has 0 aliphatic carbocycles. The molecule has 0 radical (unpaired) electrons. The molecule has 1 unspecified atom stereocenters. The Kier molecular flexibility index (Phi) is 3.42. The van der Waals surface area contributed by atoms with E-state index in [1.807, 2.05) is 6.92 Å². The third-order valence-electron chi connectivity index (χ3n) is 4.45. The van der Waals surface area contributed by atoms with E-state index in [4.69, 9.17) is 4.42 Å². The Balaban J connectivity index is 1.88. The number of carbonyl (C=O) groups excluding carboxylic acids is 2. The molecule has 2 aliphatic heterocycles. The summed E-state index contributed by atoms with van der Waals surface area (Å²) >= 11 is 1.37. The Morgan fingerprint density at radius 2 is 2.25 bits per heavy atom. The third kappa shape index (κ3) is 1.87. The van der Waals surface area contributed by atoms with E-state index in [0.717, 1.165) is 0 Å². The monoisotopic (exact) mass is 346 g/mol. The lowest BCUT2D eigenvalue weighted by atomic mass is 10.1. The topological polar surface area (TPSA) is 53.8 Å². The van der Waals surface area contributed by atoms with Gasteiger partial charge < -0.3 is 14.2 Å². The summed E-state index contributed by atoms with van der Waals surface area (Å²) in [5.74, 6) is -0.194. The van der Waals surface area contributed by atoms with Gasteiger partial charge in [0, 0.05) is 24.4 Å². The summed E-state index contributed by atoms with van der Waals surface area (Å²) in [6.45, 7) is 2.73. The van der Waals surface area contributed by atoms with E-state index in [-0.39, 0.29) is 17.6 Å². The summed E-state index contributed by atoms with van der Waals surface area (Å²) < 4.78 is 19.1. The predicted octanol–water partition coefficient (Wildman–Crippen LogP) is 2.83. The quantitative estimate of drug-likeness (QED) is 0.839. The standard InChI is InChI=1S/C17H15FN2O3S/c1-2-19-13-6-5-11(18)10-12(13)17(16(19)22)20(7-9-24-17)15(21)14-4-3-8-23-14/h3-6,8,10H,2,7,9H2,1H3. The van der Waals surface area contributed by atoms with E-state index in [1.54, 1.807) is 23.1 Å². The van der Waals surface area contributed by atoms with E-state index in [9.17, 15) is 14.0 Å². The number of furan rings is 1. The molecule has 0 bridgehead atoms. The van der Waals surface area contributed by atoms with Crippen LogP contribution in [0, 0.1) is 5.82 Å². The number of anilines is 1. The van der Waals surface area contributed by atoms with Gasteiger partial charge in [0.15, 0.2) is 10.6 Å². The second-order valence-corrected chi connectivity index (χ2v) is 6.93. The fraction of sp³-hybridized carbons (Fsp3) is 0.294. The number of hydrogen-bond acceptors (Lipinski definition) is 4. The normalized spacial score (nSPS) is 22.5. The maximum Gasteiger partial charge on any atom is 0.291 e. The number of halogens is 1. The molecule has 4 rings (SSSR count). The number of amides is 2. The van der Waals surface area contributed by atoms with Crippen LogP contribution in [-0.2, 0) is 9.67 Å². The first-order chi connectivity index (χ1) is 11.6. The molecule has 7 heteroatoms. The molecule has 1 aromatic heterocycles. The van der Waals surface area contributed by atoms with Gasteiger partial charge in [0.2, 0.25) is 0 Å². The molecule has 2 aliphatic rings. The van der Waals surface area contributed by atoms with E-state index in [0.29, 0.717) is 30.1 Å². The van der Waals surface area contributed by atoms with Crippen LogP contribution in [0.1, 0.15) is 23.0 Å². The Bertz CT molecular complexity index is 823. The van der Waals surface area contributed by atoms with E-state index >= 15 is 0 Å². The molecule has 1 saturated heterocycles. The fourth-order valence-corrected chi connectivity index (χ4v) is 4.89. The Labute approximate surface area is 142 Å². The zero-order chi connectivity index (χ0) is 16.9. The fourth-order valence-electron chi connectivity index (χ4n) is 3.43. The molecule has 124 valence electrons. The summed E-state index contributed by atoms with van der Waals surface area (Å²) in [7, 11) is 0. The first-order valence-electron chi connectivity index (χ1n) is 7.71. The summed E-state index contributed by atoms with van der Waals surface area (Å²) in [6.07, 6.45) is 1.42. The Morgan fingerprint density at radius 1 is 1.42 bits per heavy atom. The molecule has 2 amide bonds. The zero-order valence-corrected chi connectivity index (χ0v) is 13.8. The number of benzene rings is 1. The number of likely N-dealkylation sites (N-methyl/N-ethyl adjacent to an activating group) is 1. The van der Waals surface area contributed by atoms with E-state index < -0.39 is 10.7 Å². The summed E-state index contributed by atoms with van der Waals surface area (Å²) in [4.78, 5) is 27.9. The second kappa shape index (κ2) is 5.37. The molecular weight excluding hydrogens is 331 g/mol. The van der Waals surface area contributed by atoms with Crippen molar-refractivity contribution in [3.63, 3.8) is 0 Å². The smallest absolute Gasteiger partial charge is 0.291 e. The van der Waals surface area contributed by atoms with Crippen molar-refractivity contribution in [1.29, 1.82) is 0 Å². The van der Waals surface area contributed by atoms with Crippen molar-refractivity contribution in [2.75, 3.05) is 23.7 Å². The van der Waals surface area contributed by atoms with Crippen molar-refractivity contribution in [2.24, 2.45) is 0 Å². The molecule has 1 fully saturated rings. The SMILES string of the molecule is CCN1C(=O)C2(SCCN2C(=O)c2ccco2)c2cc(F)ccc21. The van der Waals surface area contributed by atoms with Crippen LogP contribution < -0.4 is 4.90 Å². The van der Waals surface area contributed by atoms with Crippen molar-refractivity contribution < 1.29 is 18.4 Å². The molecule has 0 N–H and O–H groups in total. The molecule has 1 aromatic carbocycles. The molecule has 2 aromatic rings. The minimum atomic E-state index is -1.21. The van der Waals surface area contributed by atoms with Crippen LogP contribution in [-0.4, -0.2) is 35.6 Å². The average molecular weight is 346 g/mol. The van der Waals surface area contributed by atoms with Crippen LogP contribution in [0.2, 0.25) is 0 Å². The lowest BCUT2D eigenvalue weighted by Crippen LogP contribution is -2.50. The third-order valence-corrected chi connectivity index (χ3v) is 5.87. The minimum absolute atomic E-state index is 0.178. The predicted molar refractivity (Wildman–Crippen MR) is 88.3 cm³/mol. The van der Waals surface area contributed by atoms with Crippen LogP contribution in [0.4, 0.5) is 10.1 Å². The lowest BCUT2D eigenvalue weighted by molar-refractivity contribution is -0.123. The number of thioether (sulfide) groups is 1. The van der Waals surface area contributed by atoms with Gasteiger partial charge in [-0.3, -0.25) is 9.59 Å². The maximum absolute atomic E-state index is 13.9. The number of fused-ring (bicyclic) bond motifs is 2. The van der Waals surface area contributed by atoms with Crippen molar-refractivity contribution in [3.05, 3.63) is 53.7 Å². The van der Waals surface area contributed by atoms with Gasteiger partial charge in [0.1, 0.15) is 5.82 Å². The summed E-state index contributed by atoms with van der Waals surface area (Å²) in [6, 6.07) is 7.51. The first kappa shape index (κ1) is 15.3. The van der Waals surface area contributed by atoms with Crippen molar-refractivity contribution in [2.45, 2.75) is 11.8 Å². The summed E-state index contributed by atoms with van der Waals surface area (Å²) in [5.41, 5.74) is 1.20. The maximum atomic E-state index is 13.9. The van der Waals surface area contributed by atoms with E-state index in [1.165, 1.54) is 35.1 Å². The molecule has 0 saturated carbocycles. The van der Waals surface area contributed by atoms with Gasteiger partial charge in [-0.25, -0.2) is 4.39 Å². The van der Waals surface area contributed by atoms with E-state index in [2.05, 4.69) is 0 Å².